The summed E-state index contributed by atoms with van der Waals surface area (Å²) >= 11 is 0. The van der Waals surface area contributed by atoms with E-state index in [0.29, 0.717) is 23.1 Å². The zero-order valence-electron chi connectivity index (χ0n) is 15.5. The Labute approximate surface area is 161 Å². The number of carbonyl (C=O) groups is 2. The van der Waals surface area contributed by atoms with Crippen molar-refractivity contribution in [3.63, 3.8) is 0 Å². The Morgan fingerprint density at radius 2 is 1.81 bits per heavy atom. The number of nitrogens with zero attached hydrogens (tertiary/aromatic N) is 1. The molecular weight excluding hydrogens is 352 g/mol. The molecule has 0 spiro atoms. The van der Waals surface area contributed by atoms with Crippen LogP contribution in [0.4, 0.5) is 10.5 Å². The zero-order valence-corrected chi connectivity index (χ0v) is 16.3. The highest BCUT2D eigenvalue weighted by atomic mass is 35.5. The number of halogens is 1. The van der Waals surface area contributed by atoms with Gasteiger partial charge < -0.3 is 20.9 Å². The molecule has 2 atom stereocenters. The Balaban J connectivity index is 0.00000243. The summed E-state index contributed by atoms with van der Waals surface area (Å²) in [6.45, 7) is 7.60. The lowest BCUT2D eigenvalue weighted by Gasteiger charge is -2.21. The molecule has 0 aromatic heterocycles. The Morgan fingerprint density at radius 1 is 1.15 bits per heavy atom. The smallest absolute Gasteiger partial charge is 0.319 e. The van der Waals surface area contributed by atoms with Gasteiger partial charge in [-0.2, -0.15) is 0 Å². The van der Waals surface area contributed by atoms with Gasteiger partial charge in [0.25, 0.3) is 5.91 Å². The normalized spacial score (nSPS) is 22.2. The van der Waals surface area contributed by atoms with Crippen LogP contribution in [-0.4, -0.2) is 49.1 Å². The molecule has 7 heteroatoms. The van der Waals surface area contributed by atoms with Crippen molar-refractivity contribution in [1.29, 1.82) is 0 Å². The van der Waals surface area contributed by atoms with Crippen LogP contribution in [0.5, 0.6) is 0 Å². The molecule has 1 aromatic carbocycles. The fourth-order valence-corrected chi connectivity index (χ4v) is 3.76. The number of hydrogen-bond acceptors (Lipinski definition) is 3. The summed E-state index contributed by atoms with van der Waals surface area (Å²) in [7, 11) is 0. The van der Waals surface area contributed by atoms with Crippen molar-refractivity contribution in [2.75, 3.05) is 31.5 Å². The lowest BCUT2D eigenvalue weighted by Crippen LogP contribution is -2.34. The van der Waals surface area contributed by atoms with Crippen LogP contribution < -0.4 is 16.0 Å². The van der Waals surface area contributed by atoms with Crippen LogP contribution in [0.25, 0.3) is 0 Å². The van der Waals surface area contributed by atoms with Gasteiger partial charge in [-0.3, -0.25) is 4.79 Å². The quantitative estimate of drug-likeness (QED) is 0.754. The Hall–Kier alpha value is -1.79. The summed E-state index contributed by atoms with van der Waals surface area (Å²) < 4.78 is 0. The molecule has 2 aliphatic heterocycles. The maximum Gasteiger partial charge on any atom is 0.319 e. The number of hydrogen-bond donors (Lipinski definition) is 3. The van der Waals surface area contributed by atoms with Gasteiger partial charge in [0.1, 0.15) is 0 Å². The molecule has 0 unspecified atom stereocenters. The lowest BCUT2D eigenvalue weighted by molar-refractivity contribution is 0.0758. The highest BCUT2D eigenvalue weighted by molar-refractivity contribution is 5.97. The number of likely N-dealkylation sites (tertiary alicyclic amines) is 1. The Morgan fingerprint density at radius 3 is 2.42 bits per heavy atom. The minimum Gasteiger partial charge on any atom is -0.339 e. The molecule has 3 amide bonds. The molecule has 0 radical (unpaired) electrons. The minimum atomic E-state index is -0.255. The molecule has 0 bridgehead atoms. The Bertz CT molecular complexity index is 624. The van der Waals surface area contributed by atoms with Crippen molar-refractivity contribution < 1.29 is 9.59 Å². The molecule has 2 heterocycles. The summed E-state index contributed by atoms with van der Waals surface area (Å²) in [6, 6.07) is 7.01. The summed E-state index contributed by atoms with van der Waals surface area (Å²) in [5.41, 5.74) is 1.27. The number of nitrogens with one attached hydrogen (secondary N) is 3. The molecule has 26 heavy (non-hydrogen) atoms. The molecule has 0 saturated carbocycles. The van der Waals surface area contributed by atoms with Crippen molar-refractivity contribution in [2.24, 2.45) is 11.8 Å². The second-order valence-corrected chi connectivity index (χ2v) is 7.38. The van der Waals surface area contributed by atoms with Gasteiger partial charge >= 0.3 is 6.03 Å². The highest BCUT2D eigenvalue weighted by Crippen LogP contribution is 2.27. The molecule has 3 rings (SSSR count). The highest BCUT2D eigenvalue weighted by Gasteiger charge is 2.31. The fourth-order valence-electron chi connectivity index (χ4n) is 3.76. The average Bonchev–Trinajstić information content (AvgIpc) is 2.92. The van der Waals surface area contributed by atoms with E-state index in [0.717, 1.165) is 39.0 Å². The molecule has 6 nitrogen and oxygen atoms in total. The van der Waals surface area contributed by atoms with Crippen molar-refractivity contribution in [1.82, 2.24) is 15.5 Å². The van der Waals surface area contributed by atoms with Gasteiger partial charge in [-0.15, -0.1) is 12.4 Å². The first-order valence-corrected chi connectivity index (χ1v) is 9.20. The maximum absolute atomic E-state index is 12.9. The predicted molar refractivity (Wildman–Crippen MR) is 106 cm³/mol. The van der Waals surface area contributed by atoms with Crippen LogP contribution in [0, 0.1) is 11.8 Å². The van der Waals surface area contributed by atoms with E-state index in [-0.39, 0.29) is 30.4 Å². The maximum atomic E-state index is 12.9. The van der Waals surface area contributed by atoms with E-state index in [9.17, 15) is 9.59 Å². The molecule has 2 fully saturated rings. The molecule has 3 N–H and O–H groups in total. The number of urea groups is 1. The van der Waals surface area contributed by atoms with Crippen molar-refractivity contribution in [2.45, 2.75) is 32.7 Å². The monoisotopic (exact) mass is 380 g/mol. The van der Waals surface area contributed by atoms with Crippen molar-refractivity contribution in [3.05, 3.63) is 29.8 Å². The average molecular weight is 381 g/mol. The second-order valence-electron chi connectivity index (χ2n) is 7.38. The lowest BCUT2D eigenvalue weighted by atomic mass is 9.92. The second kappa shape index (κ2) is 9.24. The summed E-state index contributed by atoms with van der Waals surface area (Å²) in [5, 5.41) is 9.03. The van der Waals surface area contributed by atoms with Gasteiger partial charge in [-0.05, 0) is 69.8 Å². The van der Waals surface area contributed by atoms with E-state index >= 15 is 0 Å². The predicted octanol–water partition coefficient (Wildman–Crippen LogP) is 2.71. The van der Waals surface area contributed by atoms with Gasteiger partial charge in [-0.1, -0.05) is 6.07 Å². The minimum absolute atomic E-state index is 0. The van der Waals surface area contributed by atoms with E-state index in [2.05, 4.69) is 16.0 Å². The first kappa shape index (κ1) is 20.5. The first-order valence-electron chi connectivity index (χ1n) is 9.20. The standard InChI is InChI=1S/C19H28N4O2.ClH/c1-13(2)21-19(25)22-17-5-3-4-14(10-17)18(24)23-8-6-15-11-20-12-16(15)7-9-23;/h3-5,10,13,15-16,20H,6-9,11-12H2,1-2H3,(H2,21,22,25);1H/t15-,16+;. The topological polar surface area (TPSA) is 73.5 Å². The van der Waals surface area contributed by atoms with Crippen LogP contribution in [0.15, 0.2) is 24.3 Å². The van der Waals surface area contributed by atoms with Gasteiger partial charge in [0, 0.05) is 30.4 Å². The third-order valence-electron chi connectivity index (χ3n) is 5.09. The van der Waals surface area contributed by atoms with Crippen LogP contribution in [0.3, 0.4) is 0 Å². The molecular formula is C19H29ClN4O2. The van der Waals surface area contributed by atoms with Crippen molar-refractivity contribution >= 4 is 30.0 Å². The van der Waals surface area contributed by atoms with E-state index in [1.54, 1.807) is 12.1 Å². The summed E-state index contributed by atoms with van der Waals surface area (Å²) in [4.78, 5) is 26.7. The number of anilines is 1. The van der Waals surface area contributed by atoms with Crippen LogP contribution in [0.2, 0.25) is 0 Å². The van der Waals surface area contributed by atoms with E-state index in [1.165, 1.54) is 0 Å². The van der Waals surface area contributed by atoms with Gasteiger partial charge in [-0.25, -0.2) is 4.79 Å². The van der Waals surface area contributed by atoms with Gasteiger partial charge in [0.15, 0.2) is 0 Å². The van der Waals surface area contributed by atoms with E-state index in [1.807, 2.05) is 30.9 Å². The zero-order chi connectivity index (χ0) is 17.8. The molecule has 0 aliphatic carbocycles. The van der Waals surface area contributed by atoms with E-state index < -0.39 is 0 Å². The van der Waals surface area contributed by atoms with Crippen LogP contribution >= 0.6 is 12.4 Å². The summed E-state index contributed by atoms with van der Waals surface area (Å²) in [6.07, 6.45) is 2.14. The van der Waals surface area contributed by atoms with Crippen LogP contribution in [-0.2, 0) is 0 Å². The fraction of sp³-hybridized carbons (Fsp3) is 0.579. The molecule has 2 aliphatic rings. The van der Waals surface area contributed by atoms with E-state index in [4.69, 9.17) is 0 Å². The number of carbonyl (C=O) groups excluding carboxylic acids is 2. The number of fused-ring (bicyclic) bond motifs is 1. The third kappa shape index (κ3) is 5.11. The Kier molecular flexibility index (Phi) is 7.29. The van der Waals surface area contributed by atoms with Gasteiger partial charge in [0.2, 0.25) is 0 Å². The summed E-state index contributed by atoms with van der Waals surface area (Å²) in [5.74, 6) is 1.46. The number of rotatable bonds is 3. The van der Waals surface area contributed by atoms with Crippen LogP contribution in [0.1, 0.15) is 37.0 Å². The largest absolute Gasteiger partial charge is 0.339 e. The molecule has 144 valence electrons. The van der Waals surface area contributed by atoms with Crippen molar-refractivity contribution in [3.8, 4) is 0 Å². The van der Waals surface area contributed by atoms with Gasteiger partial charge in [0.05, 0.1) is 0 Å². The number of benzene rings is 1. The first-order chi connectivity index (χ1) is 12.0. The molecule has 1 aromatic rings. The number of amides is 3. The SMILES string of the molecule is CC(C)NC(=O)Nc1cccc(C(=O)N2CC[C@@H]3CNC[C@@H]3CC2)c1.Cl. The molecule has 2 saturated heterocycles. The third-order valence-corrected chi connectivity index (χ3v) is 5.09.